The molecule has 0 aliphatic carbocycles. The normalized spacial score (nSPS) is 11.7. The van der Waals surface area contributed by atoms with E-state index in [-0.39, 0.29) is 17.3 Å². The first-order valence-electron chi connectivity index (χ1n) is 6.15. The van der Waals surface area contributed by atoms with Crippen molar-refractivity contribution in [2.24, 2.45) is 0 Å². The predicted molar refractivity (Wildman–Crippen MR) is 74.9 cm³/mol. The van der Waals surface area contributed by atoms with Crippen molar-refractivity contribution in [1.82, 2.24) is 20.5 Å². The molecular formula is C12H14N6O3. The standard InChI is InChI=1S/C12H14N6O3/c1-7(11-14-6-15-17-11)16-12(19)8-3-4-9(13-2)10(5-8)18(20)21/h3-7,13H,1-2H3,(H,16,19)(H,14,15,17). The number of benzene rings is 1. The van der Waals surface area contributed by atoms with Gasteiger partial charge >= 0.3 is 0 Å². The van der Waals surface area contributed by atoms with E-state index in [9.17, 15) is 14.9 Å². The number of carbonyl (C=O) groups is 1. The van der Waals surface area contributed by atoms with Crippen LogP contribution in [0.1, 0.15) is 29.1 Å². The number of anilines is 1. The number of H-pyrrole nitrogens is 1. The molecule has 110 valence electrons. The lowest BCUT2D eigenvalue weighted by Crippen LogP contribution is -2.27. The Kier molecular flexibility index (Phi) is 4.12. The maximum atomic E-state index is 12.1. The van der Waals surface area contributed by atoms with Crippen molar-refractivity contribution in [3.05, 3.63) is 46.0 Å². The molecule has 1 atom stereocenters. The third-order valence-corrected chi connectivity index (χ3v) is 2.92. The van der Waals surface area contributed by atoms with Gasteiger partial charge in [0.05, 0.1) is 11.0 Å². The summed E-state index contributed by atoms with van der Waals surface area (Å²) in [6.45, 7) is 1.73. The number of nitrogens with one attached hydrogen (secondary N) is 3. The van der Waals surface area contributed by atoms with Crippen LogP contribution >= 0.6 is 0 Å². The SMILES string of the molecule is CNc1ccc(C(=O)NC(C)c2ncn[nH]2)cc1[N+](=O)[O-]. The van der Waals surface area contributed by atoms with Crippen LogP contribution in [-0.4, -0.2) is 33.1 Å². The van der Waals surface area contributed by atoms with E-state index in [0.29, 0.717) is 11.5 Å². The highest BCUT2D eigenvalue weighted by atomic mass is 16.6. The number of aromatic amines is 1. The van der Waals surface area contributed by atoms with E-state index >= 15 is 0 Å². The van der Waals surface area contributed by atoms with Crippen LogP contribution in [0.3, 0.4) is 0 Å². The van der Waals surface area contributed by atoms with Crippen LogP contribution in [0.25, 0.3) is 0 Å². The van der Waals surface area contributed by atoms with Gasteiger partial charge in [0.15, 0.2) is 0 Å². The van der Waals surface area contributed by atoms with E-state index in [4.69, 9.17) is 0 Å². The average Bonchev–Trinajstić information content (AvgIpc) is 3.00. The van der Waals surface area contributed by atoms with Crippen molar-refractivity contribution in [2.75, 3.05) is 12.4 Å². The number of nitro benzene ring substituents is 1. The van der Waals surface area contributed by atoms with Gasteiger partial charge in [-0.3, -0.25) is 20.0 Å². The molecule has 2 aromatic rings. The molecule has 9 nitrogen and oxygen atoms in total. The molecule has 0 spiro atoms. The van der Waals surface area contributed by atoms with Gasteiger partial charge in [0.2, 0.25) is 0 Å². The molecule has 1 aromatic carbocycles. The molecule has 0 saturated carbocycles. The van der Waals surface area contributed by atoms with E-state index < -0.39 is 10.8 Å². The van der Waals surface area contributed by atoms with Gasteiger partial charge in [0.25, 0.3) is 11.6 Å². The molecule has 3 N–H and O–H groups in total. The van der Waals surface area contributed by atoms with Crippen molar-refractivity contribution in [2.45, 2.75) is 13.0 Å². The van der Waals surface area contributed by atoms with Crippen LogP contribution in [0.2, 0.25) is 0 Å². The van der Waals surface area contributed by atoms with Gasteiger partial charge in [-0.2, -0.15) is 5.10 Å². The Morgan fingerprint density at radius 3 is 2.81 bits per heavy atom. The van der Waals surface area contributed by atoms with Crippen LogP contribution in [0, 0.1) is 10.1 Å². The van der Waals surface area contributed by atoms with Crippen molar-refractivity contribution in [3.63, 3.8) is 0 Å². The number of carbonyl (C=O) groups excluding carboxylic acids is 1. The molecule has 0 aliphatic heterocycles. The second-order valence-corrected chi connectivity index (χ2v) is 4.30. The van der Waals surface area contributed by atoms with Crippen LogP contribution in [0.5, 0.6) is 0 Å². The fourth-order valence-corrected chi connectivity index (χ4v) is 1.81. The first kappa shape index (κ1) is 14.4. The Morgan fingerprint density at radius 1 is 1.48 bits per heavy atom. The maximum Gasteiger partial charge on any atom is 0.293 e. The highest BCUT2D eigenvalue weighted by Gasteiger charge is 2.18. The monoisotopic (exact) mass is 290 g/mol. The topological polar surface area (TPSA) is 126 Å². The van der Waals surface area contributed by atoms with Crippen LogP contribution in [0.15, 0.2) is 24.5 Å². The zero-order chi connectivity index (χ0) is 15.4. The van der Waals surface area contributed by atoms with Gasteiger partial charge in [0.1, 0.15) is 17.8 Å². The third-order valence-electron chi connectivity index (χ3n) is 2.92. The first-order valence-corrected chi connectivity index (χ1v) is 6.15. The molecule has 1 aromatic heterocycles. The summed E-state index contributed by atoms with van der Waals surface area (Å²) >= 11 is 0. The molecule has 0 saturated heterocycles. The first-order chi connectivity index (χ1) is 10.0. The zero-order valence-corrected chi connectivity index (χ0v) is 11.5. The average molecular weight is 290 g/mol. The maximum absolute atomic E-state index is 12.1. The van der Waals surface area contributed by atoms with Gasteiger partial charge < -0.3 is 10.6 Å². The zero-order valence-electron chi connectivity index (χ0n) is 11.5. The second-order valence-electron chi connectivity index (χ2n) is 4.30. The van der Waals surface area contributed by atoms with Crippen LogP contribution in [0.4, 0.5) is 11.4 Å². The van der Waals surface area contributed by atoms with E-state index in [1.165, 1.54) is 24.5 Å². The molecule has 1 unspecified atom stereocenters. The molecule has 9 heteroatoms. The molecule has 0 fully saturated rings. The largest absolute Gasteiger partial charge is 0.383 e. The lowest BCUT2D eigenvalue weighted by atomic mass is 10.1. The second kappa shape index (κ2) is 5.99. The van der Waals surface area contributed by atoms with Crippen molar-refractivity contribution < 1.29 is 9.72 Å². The third kappa shape index (κ3) is 3.14. The minimum atomic E-state index is -0.539. The molecule has 21 heavy (non-hydrogen) atoms. The quantitative estimate of drug-likeness (QED) is 0.562. The lowest BCUT2D eigenvalue weighted by Gasteiger charge is -2.11. The number of hydrogen-bond donors (Lipinski definition) is 3. The number of rotatable bonds is 5. The predicted octanol–water partition coefficient (Wildman–Crippen LogP) is 1.25. The summed E-state index contributed by atoms with van der Waals surface area (Å²) in [5.41, 5.74) is 0.393. The van der Waals surface area contributed by atoms with Gasteiger partial charge in [-0.25, -0.2) is 4.98 Å². The number of aromatic nitrogens is 3. The number of amides is 1. The Morgan fingerprint density at radius 2 is 2.24 bits per heavy atom. The number of nitrogens with zero attached hydrogens (tertiary/aromatic N) is 3. The summed E-state index contributed by atoms with van der Waals surface area (Å²) < 4.78 is 0. The van der Waals surface area contributed by atoms with Crippen molar-refractivity contribution in [1.29, 1.82) is 0 Å². The Hall–Kier alpha value is -2.97. The summed E-state index contributed by atoms with van der Waals surface area (Å²) in [5.74, 6) is 0.0781. The van der Waals surface area contributed by atoms with E-state index in [2.05, 4.69) is 25.8 Å². The summed E-state index contributed by atoms with van der Waals surface area (Å²) in [4.78, 5) is 26.5. The van der Waals surface area contributed by atoms with Gasteiger partial charge in [0, 0.05) is 18.7 Å². The summed E-state index contributed by atoms with van der Waals surface area (Å²) in [5, 5.41) is 22.7. The van der Waals surface area contributed by atoms with Gasteiger partial charge in [-0.05, 0) is 19.1 Å². The highest BCUT2D eigenvalue weighted by molar-refractivity contribution is 5.95. The van der Waals surface area contributed by atoms with E-state index in [1.54, 1.807) is 14.0 Å². The molecule has 1 heterocycles. The van der Waals surface area contributed by atoms with Crippen molar-refractivity contribution in [3.8, 4) is 0 Å². The van der Waals surface area contributed by atoms with E-state index in [0.717, 1.165) is 0 Å². The molecular weight excluding hydrogens is 276 g/mol. The Bertz CT molecular complexity index is 655. The van der Waals surface area contributed by atoms with Crippen LogP contribution < -0.4 is 10.6 Å². The lowest BCUT2D eigenvalue weighted by molar-refractivity contribution is -0.384. The highest BCUT2D eigenvalue weighted by Crippen LogP contribution is 2.25. The van der Waals surface area contributed by atoms with Gasteiger partial charge in [-0.1, -0.05) is 0 Å². The fourth-order valence-electron chi connectivity index (χ4n) is 1.81. The summed E-state index contributed by atoms with van der Waals surface area (Å²) in [6.07, 6.45) is 1.34. The Balaban J connectivity index is 2.19. The Labute approximate surface area is 119 Å². The summed E-state index contributed by atoms with van der Waals surface area (Å²) in [7, 11) is 1.58. The smallest absolute Gasteiger partial charge is 0.293 e. The number of hydrogen-bond acceptors (Lipinski definition) is 6. The van der Waals surface area contributed by atoms with Crippen LogP contribution in [-0.2, 0) is 0 Å². The minimum Gasteiger partial charge on any atom is -0.383 e. The minimum absolute atomic E-state index is 0.155. The van der Waals surface area contributed by atoms with Gasteiger partial charge in [-0.15, -0.1) is 0 Å². The van der Waals surface area contributed by atoms with E-state index in [1.807, 2.05) is 0 Å². The molecule has 1 amide bonds. The summed E-state index contributed by atoms with van der Waals surface area (Å²) in [6, 6.07) is 3.85. The van der Waals surface area contributed by atoms with Crippen molar-refractivity contribution >= 4 is 17.3 Å². The molecule has 0 radical (unpaired) electrons. The molecule has 2 rings (SSSR count). The molecule has 0 bridgehead atoms. The fraction of sp³-hybridized carbons (Fsp3) is 0.250. The molecule has 0 aliphatic rings. The number of nitro groups is 1.